The molecule has 3 aromatic rings. The molecule has 0 bridgehead atoms. The first kappa shape index (κ1) is 19.8. The van der Waals surface area contributed by atoms with Gasteiger partial charge in [0.15, 0.2) is 0 Å². The zero-order chi connectivity index (χ0) is 19.4. The summed E-state index contributed by atoms with van der Waals surface area (Å²) in [6.45, 7) is 4.90. The number of fused-ring (bicyclic) bond motifs is 1. The molecule has 140 valence electrons. The molecule has 0 aliphatic rings. The van der Waals surface area contributed by atoms with Crippen LogP contribution in [-0.4, -0.2) is 26.9 Å². The highest BCUT2D eigenvalue weighted by molar-refractivity contribution is 9.10. The van der Waals surface area contributed by atoms with Crippen molar-refractivity contribution >= 4 is 55.7 Å². The number of halogens is 2. The molecule has 2 aromatic heterocycles. The second-order valence-corrected chi connectivity index (χ2v) is 8.64. The first-order valence-corrected chi connectivity index (χ1v) is 10.2. The predicted molar refractivity (Wildman–Crippen MR) is 113 cm³/mol. The molecule has 1 amide bonds. The minimum atomic E-state index is -0.158. The molecule has 8 heteroatoms. The molecule has 0 radical (unpaired) electrons. The standard InChI is InChI=1S/C19H17BrClN3O2S/c1-2-8-23(11-14-4-6-17(21)27-14)18(25)7-9-24-12-22-16-5-3-13(20)10-15(16)19(24)26/h2-6,10,12H,1,7-9,11H2. The molecule has 27 heavy (non-hydrogen) atoms. The van der Waals surface area contributed by atoms with Gasteiger partial charge < -0.3 is 4.90 Å². The smallest absolute Gasteiger partial charge is 0.261 e. The lowest BCUT2D eigenvalue weighted by Gasteiger charge is -2.20. The van der Waals surface area contributed by atoms with Gasteiger partial charge in [-0.25, -0.2) is 4.98 Å². The zero-order valence-corrected chi connectivity index (χ0v) is 17.6. The Morgan fingerprint density at radius 2 is 2.19 bits per heavy atom. The van der Waals surface area contributed by atoms with Crippen molar-refractivity contribution in [2.75, 3.05) is 6.54 Å². The molecule has 0 fully saturated rings. The lowest BCUT2D eigenvalue weighted by Crippen LogP contribution is -2.32. The van der Waals surface area contributed by atoms with Crippen LogP contribution in [-0.2, 0) is 17.9 Å². The molecular formula is C19H17BrClN3O2S. The fourth-order valence-corrected chi connectivity index (χ4v) is 4.16. The molecule has 0 aliphatic carbocycles. The van der Waals surface area contributed by atoms with Crippen LogP contribution in [0.2, 0.25) is 4.34 Å². The minimum Gasteiger partial charge on any atom is -0.334 e. The van der Waals surface area contributed by atoms with E-state index >= 15 is 0 Å². The number of nitrogens with zero attached hydrogens (tertiary/aromatic N) is 3. The van der Waals surface area contributed by atoms with Crippen LogP contribution in [0.15, 0.2) is 58.6 Å². The van der Waals surface area contributed by atoms with Gasteiger partial charge in [-0.05, 0) is 30.3 Å². The molecule has 0 atom stereocenters. The Balaban J connectivity index is 1.73. The van der Waals surface area contributed by atoms with Crippen LogP contribution < -0.4 is 5.56 Å². The summed E-state index contributed by atoms with van der Waals surface area (Å²) in [5, 5.41) is 0.524. The Hall–Kier alpha value is -1.96. The van der Waals surface area contributed by atoms with Crippen LogP contribution in [0.25, 0.3) is 10.9 Å². The maximum Gasteiger partial charge on any atom is 0.261 e. The fraction of sp³-hybridized carbons (Fsp3) is 0.211. The average Bonchev–Trinajstić information content (AvgIpc) is 3.06. The maximum atomic E-state index is 12.7. The van der Waals surface area contributed by atoms with Gasteiger partial charge in [0.25, 0.3) is 5.56 Å². The number of amides is 1. The van der Waals surface area contributed by atoms with Crippen molar-refractivity contribution in [3.63, 3.8) is 0 Å². The van der Waals surface area contributed by atoms with Crippen LogP contribution >= 0.6 is 38.9 Å². The van der Waals surface area contributed by atoms with E-state index in [2.05, 4.69) is 27.5 Å². The van der Waals surface area contributed by atoms with Crippen molar-refractivity contribution in [1.82, 2.24) is 14.5 Å². The number of hydrogen-bond donors (Lipinski definition) is 0. The Morgan fingerprint density at radius 1 is 1.37 bits per heavy atom. The number of carbonyl (C=O) groups excluding carboxylic acids is 1. The van der Waals surface area contributed by atoms with Crippen molar-refractivity contribution in [2.24, 2.45) is 0 Å². The third-order valence-electron chi connectivity index (χ3n) is 4.03. The number of benzene rings is 1. The zero-order valence-electron chi connectivity index (χ0n) is 14.4. The molecule has 5 nitrogen and oxygen atoms in total. The molecule has 0 aliphatic heterocycles. The van der Waals surface area contributed by atoms with Crippen LogP contribution in [0, 0.1) is 0 Å². The second-order valence-electron chi connectivity index (χ2n) is 5.92. The van der Waals surface area contributed by atoms with Gasteiger partial charge in [-0.15, -0.1) is 17.9 Å². The first-order valence-electron chi connectivity index (χ1n) is 8.25. The molecular weight excluding hydrogens is 450 g/mol. The quantitative estimate of drug-likeness (QED) is 0.483. The summed E-state index contributed by atoms with van der Waals surface area (Å²) in [6.07, 6.45) is 3.38. The van der Waals surface area contributed by atoms with Gasteiger partial charge in [0, 0.05) is 28.9 Å². The summed E-state index contributed by atoms with van der Waals surface area (Å²) in [4.78, 5) is 32.3. The van der Waals surface area contributed by atoms with E-state index in [0.717, 1.165) is 9.35 Å². The highest BCUT2D eigenvalue weighted by Gasteiger charge is 2.15. The Bertz CT molecular complexity index is 1050. The maximum absolute atomic E-state index is 12.7. The van der Waals surface area contributed by atoms with Gasteiger partial charge >= 0.3 is 0 Å². The molecule has 1 aromatic carbocycles. The van der Waals surface area contributed by atoms with Crippen molar-refractivity contribution in [1.29, 1.82) is 0 Å². The van der Waals surface area contributed by atoms with Crippen molar-refractivity contribution in [2.45, 2.75) is 19.5 Å². The van der Waals surface area contributed by atoms with Gasteiger partial charge in [-0.2, -0.15) is 0 Å². The van der Waals surface area contributed by atoms with Gasteiger partial charge in [-0.1, -0.05) is 33.6 Å². The molecule has 0 spiro atoms. The lowest BCUT2D eigenvalue weighted by atomic mass is 10.2. The van der Waals surface area contributed by atoms with Crippen molar-refractivity contribution in [3.8, 4) is 0 Å². The van der Waals surface area contributed by atoms with Crippen molar-refractivity contribution in [3.05, 3.63) is 73.4 Å². The number of thiophene rings is 1. The summed E-state index contributed by atoms with van der Waals surface area (Å²) in [5.74, 6) is -0.0549. The van der Waals surface area contributed by atoms with E-state index in [1.165, 1.54) is 22.2 Å². The summed E-state index contributed by atoms with van der Waals surface area (Å²) in [5.41, 5.74) is 0.475. The van der Waals surface area contributed by atoms with E-state index in [1.807, 2.05) is 18.2 Å². The Labute approximate surface area is 174 Å². The summed E-state index contributed by atoms with van der Waals surface area (Å²) in [6, 6.07) is 9.09. The SMILES string of the molecule is C=CCN(Cc1ccc(Cl)s1)C(=O)CCn1cnc2ccc(Br)cc2c1=O. The number of aryl methyl sites for hydroxylation is 1. The summed E-state index contributed by atoms with van der Waals surface area (Å²) < 4.78 is 2.98. The number of rotatable bonds is 7. The van der Waals surface area contributed by atoms with Gasteiger partial charge in [0.05, 0.1) is 28.1 Å². The van der Waals surface area contributed by atoms with Crippen LogP contribution in [0.3, 0.4) is 0 Å². The molecule has 2 heterocycles. The fourth-order valence-electron chi connectivity index (χ4n) is 2.70. The van der Waals surface area contributed by atoms with Crippen molar-refractivity contribution < 1.29 is 4.79 Å². The van der Waals surface area contributed by atoms with E-state index in [9.17, 15) is 9.59 Å². The van der Waals surface area contributed by atoms with Gasteiger partial charge in [0.1, 0.15) is 0 Å². The molecule has 0 N–H and O–H groups in total. The van der Waals surface area contributed by atoms with E-state index in [0.29, 0.717) is 28.3 Å². The van der Waals surface area contributed by atoms with E-state index in [-0.39, 0.29) is 24.4 Å². The van der Waals surface area contributed by atoms with E-state index in [1.54, 1.807) is 23.1 Å². The summed E-state index contributed by atoms with van der Waals surface area (Å²) >= 11 is 10.8. The normalized spacial score (nSPS) is 10.9. The number of carbonyl (C=O) groups is 1. The van der Waals surface area contributed by atoms with Crippen LogP contribution in [0.5, 0.6) is 0 Å². The lowest BCUT2D eigenvalue weighted by molar-refractivity contribution is -0.131. The second kappa shape index (κ2) is 8.82. The van der Waals surface area contributed by atoms with Gasteiger partial charge in [-0.3, -0.25) is 14.2 Å². The number of aromatic nitrogens is 2. The average molecular weight is 467 g/mol. The number of hydrogen-bond acceptors (Lipinski definition) is 4. The first-order chi connectivity index (χ1) is 13.0. The van der Waals surface area contributed by atoms with Gasteiger partial charge in [0.2, 0.25) is 5.91 Å². The Morgan fingerprint density at radius 3 is 2.89 bits per heavy atom. The largest absolute Gasteiger partial charge is 0.334 e. The Kier molecular flexibility index (Phi) is 6.46. The third-order valence-corrected chi connectivity index (χ3v) is 5.74. The molecule has 0 saturated heterocycles. The molecule has 3 rings (SSSR count). The highest BCUT2D eigenvalue weighted by Crippen LogP contribution is 2.23. The van der Waals surface area contributed by atoms with E-state index < -0.39 is 0 Å². The molecule has 0 saturated carbocycles. The minimum absolute atomic E-state index is 0.0549. The predicted octanol–water partition coefficient (Wildman–Crippen LogP) is 4.48. The summed E-state index contributed by atoms with van der Waals surface area (Å²) in [7, 11) is 0. The third kappa shape index (κ3) is 4.86. The van der Waals surface area contributed by atoms with E-state index in [4.69, 9.17) is 11.6 Å². The highest BCUT2D eigenvalue weighted by atomic mass is 79.9. The van der Waals surface area contributed by atoms with Crippen LogP contribution in [0.4, 0.5) is 0 Å². The molecule has 0 unspecified atom stereocenters. The van der Waals surface area contributed by atoms with Crippen LogP contribution in [0.1, 0.15) is 11.3 Å². The monoisotopic (exact) mass is 465 g/mol. The topological polar surface area (TPSA) is 55.2 Å².